The van der Waals surface area contributed by atoms with Gasteiger partial charge in [-0.1, -0.05) is 29.8 Å². The number of imidazole rings is 1. The van der Waals surface area contributed by atoms with E-state index < -0.39 is 11.2 Å². The minimum atomic E-state index is -0.556. The lowest BCUT2D eigenvalue weighted by Gasteiger charge is -2.32. The predicted molar refractivity (Wildman–Crippen MR) is 135 cm³/mol. The van der Waals surface area contributed by atoms with Gasteiger partial charge in [-0.2, -0.15) is 4.98 Å². The minimum Gasteiger partial charge on any atom is -0.341 e. The number of fused-ring (bicyclic) bond motifs is 1. The van der Waals surface area contributed by atoms with Crippen molar-refractivity contribution in [3.05, 3.63) is 55.7 Å². The van der Waals surface area contributed by atoms with E-state index in [2.05, 4.69) is 4.90 Å². The molecule has 1 amide bonds. The molecule has 2 saturated heterocycles. The van der Waals surface area contributed by atoms with Crippen LogP contribution in [0.15, 0.2) is 33.9 Å². The smallest absolute Gasteiger partial charge is 0.332 e. The summed E-state index contributed by atoms with van der Waals surface area (Å²) in [7, 11) is 1.58. The average Bonchev–Trinajstić information content (AvgIpc) is 3.51. The van der Waals surface area contributed by atoms with E-state index in [0.717, 1.165) is 42.4 Å². The van der Waals surface area contributed by atoms with Crippen molar-refractivity contribution in [1.82, 2.24) is 23.6 Å². The van der Waals surface area contributed by atoms with E-state index in [1.54, 1.807) is 18.0 Å². The number of carbonyl (C=O) groups is 1. The molecule has 10 nitrogen and oxygen atoms in total. The number of benzene rings is 1. The van der Waals surface area contributed by atoms with E-state index in [1.807, 2.05) is 22.8 Å². The zero-order valence-corrected chi connectivity index (χ0v) is 20.6. The third-order valence-corrected chi connectivity index (χ3v) is 7.36. The van der Waals surface area contributed by atoms with Gasteiger partial charge in [-0.25, -0.2) is 9.36 Å². The Morgan fingerprint density at radius 1 is 1.11 bits per heavy atom. The van der Waals surface area contributed by atoms with Crippen molar-refractivity contribution in [2.75, 3.05) is 31.1 Å². The lowest BCUT2D eigenvalue weighted by Crippen LogP contribution is -2.44. The second kappa shape index (κ2) is 9.50. The van der Waals surface area contributed by atoms with Crippen LogP contribution in [0.25, 0.3) is 11.2 Å². The van der Waals surface area contributed by atoms with E-state index >= 15 is 0 Å². The standard InChI is InChI=1S/C24H30ClN7O3/c1-28-21-20(22(34)32(24(28)35)15-19(33)29-10-4-5-11-29)31(13-16-7-2-3-9-18(16)25)23(27-21)30-12-6-8-17(26)14-30/h2-3,7,9,17H,4-6,8,10-15,26H2,1H3/t17-/m1/s1. The molecule has 0 spiro atoms. The molecule has 3 aromatic rings. The molecule has 0 radical (unpaired) electrons. The van der Waals surface area contributed by atoms with E-state index in [0.29, 0.717) is 37.1 Å². The van der Waals surface area contributed by atoms with Gasteiger partial charge in [0.1, 0.15) is 6.54 Å². The van der Waals surface area contributed by atoms with Crippen LogP contribution in [0.3, 0.4) is 0 Å². The topological polar surface area (TPSA) is 111 Å². The summed E-state index contributed by atoms with van der Waals surface area (Å²) < 4.78 is 4.19. The molecule has 0 unspecified atom stereocenters. The Hall–Kier alpha value is -3.11. The quantitative estimate of drug-likeness (QED) is 0.563. The predicted octanol–water partition coefficient (Wildman–Crippen LogP) is 1.15. The van der Waals surface area contributed by atoms with Crippen LogP contribution in [-0.2, 0) is 24.9 Å². The Balaban J connectivity index is 1.68. The molecule has 0 saturated carbocycles. The number of anilines is 1. The molecular formula is C24H30ClN7O3. The van der Waals surface area contributed by atoms with Gasteiger partial charge in [0.05, 0.1) is 6.54 Å². The maximum absolute atomic E-state index is 13.8. The number of halogens is 1. The fourth-order valence-electron chi connectivity index (χ4n) is 5.08. The van der Waals surface area contributed by atoms with Gasteiger partial charge in [0.2, 0.25) is 11.9 Å². The molecule has 1 aromatic carbocycles. The maximum atomic E-state index is 13.8. The molecule has 5 rings (SSSR count). The van der Waals surface area contributed by atoms with Gasteiger partial charge in [-0.15, -0.1) is 0 Å². The lowest BCUT2D eigenvalue weighted by atomic mass is 10.1. The summed E-state index contributed by atoms with van der Waals surface area (Å²) >= 11 is 6.47. The Morgan fingerprint density at radius 2 is 1.86 bits per heavy atom. The first kappa shape index (κ1) is 23.6. The molecule has 186 valence electrons. The number of likely N-dealkylation sites (tertiary alicyclic amines) is 1. The highest BCUT2D eigenvalue weighted by molar-refractivity contribution is 6.31. The first-order chi connectivity index (χ1) is 16.8. The van der Waals surface area contributed by atoms with Gasteiger partial charge in [-0.05, 0) is 37.3 Å². The molecular weight excluding hydrogens is 470 g/mol. The number of hydrogen-bond acceptors (Lipinski definition) is 6. The van der Waals surface area contributed by atoms with Crippen LogP contribution in [0, 0.1) is 0 Å². The number of aromatic nitrogens is 4. The number of rotatable bonds is 5. The maximum Gasteiger partial charge on any atom is 0.332 e. The van der Waals surface area contributed by atoms with Crippen LogP contribution in [0.1, 0.15) is 31.2 Å². The van der Waals surface area contributed by atoms with Crippen LogP contribution in [0.4, 0.5) is 5.95 Å². The highest BCUT2D eigenvalue weighted by Gasteiger charge is 2.28. The lowest BCUT2D eigenvalue weighted by molar-refractivity contribution is -0.130. The van der Waals surface area contributed by atoms with Crippen LogP contribution in [-0.4, -0.2) is 61.7 Å². The van der Waals surface area contributed by atoms with E-state index in [-0.39, 0.29) is 29.7 Å². The van der Waals surface area contributed by atoms with Crippen molar-refractivity contribution in [3.63, 3.8) is 0 Å². The molecule has 35 heavy (non-hydrogen) atoms. The Labute approximate surface area is 207 Å². The van der Waals surface area contributed by atoms with Crippen LogP contribution >= 0.6 is 11.6 Å². The molecule has 11 heteroatoms. The van der Waals surface area contributed by atoms with Crippen molar-refractivity contribution in [2.45, 2.75) is 44.8 Å². The third-order valence-electron chi connectivity index (χ3n) is 6.99. The summed E-state index contributed by atoms with van der Waals surface area (Å²) in [4.78, 5) is 48.3. The zero-order valence-electron chi connectivity index (χ0n) is 19.8. The number of carbonyl (C=O) groups excluding carboxylic acids is 1. The van der Waals surface area contributed by atoms with Crippen LogP contribution < -0.4 is 21.9 Å². The van der Waals surface area contributed by atoms with E-state index in [1.165, 1.54) is 4.57 Å². The molecule has 2 fully saturated rings. The second-order valence-electron chi connectivity index (χ2n) is 9.43. The van der Waals surface area contributed by atoms with Gasteiger partial charge < -0.3 is 15.5 Å². The fraction of sp³-hybridized carbons (Fsp3) is 0.500. The highest BCUT2D eigenvalue weighted by Crippen LogP contribution is 2.26. The van der Waals surface area contributed by atoms with E-state index in [4.69, 9.17) is 22.3 Å². The summed E-state index contributed by atoms with van der Waals surface area (Å²) in [5, 5.41) is 0.574. The molecule has 0 aliphatic carbocycles. The van der Waals surface area contributed by atoms with Gasteiger partial charge >= 0.3 is 5.69 Å². The largest absolute Gasteiger partial charge is 0.341 e. The number of nitrogens with two attached hydrogens (primary N) is 1. The molecule has 2 N–H and O–H groups in total. The van der Waals surface area contributed by atoms with Gasteiger partial charge in [0, 0.05) is 44.3 Å². The van der Waals surface area contributed by atoms with Gasteiger partial charge in [0.25, 0.3) is 5.56 Å². The number of piperidine rings is 1. The first-order valence-electron chi connectivity index (χ1n) is 12.1. The number of amides is 1. The number of nitrogens with zero attached hydrogens (tertiary/aromatic N) is 6. The molecule has 0 bridgehead atoms. The van der Waals surface area contributed by atoms with Crippen molar-refractivity contribution >= 4 is 34.6 Å². The first-order valence-corrected chi connectivity index (χ1v) is 12.4. The highest BCUT2D eigenvalue weighted by atomic mass is 35.5. The molecule has 2 aromatic heterocycles. The normalized spacial score (nSPS) is 18.5. The minimum absolute atomic E-state index is 0.00381. The second-order valence-corrected chi connectivity index (χ2v) is 9.84. The Bertz CT molecular complexity index is 1390. The third kappa shape index (κ3) is 4.36. The summed E-state index contributed by atoms with van der Waals surface area (Å²) in [6.45, 7) is 2.66. The molecule has 4 heterocycles. The molecule has 2 aliphatic heterocycles. The van der Waals surface area contributed by atoms with E-state index in [9.17, 15) is 14.4 Å². The average molecular weight is 500 g/mol. The van der Waals surface area contributed by atoms with Crippen molar-refractivity contribution < 1.29 is 4.79 Å². The number of aryl methyl sites for hydroxylation is 1. The summed E-state index contributed by atoms with van der Waals surface area (Å²) in [5.41, 5.74) is 6.54. The SMILES string of the molecule is Cn1c(=O)n(CC(=O)N2CCCC2)c(=O)c2c1nc(N1CCC[C@@H](N)C1)n2Cc1ccccc1Cl. The summed E-state index contributed by atoms with van der Waals surface area (Å²) in [6.07, 6.45) is 3.70. The van der Waals surface area contributed by atoms with Gasteiger partial charge in [-0.3, -0.25) is 18.7 Å². The van der Waals surface area contributed by atoms with Crippen LogP contribution in [0.2, 0.25) is 5.02 Å². The monoisotopic (exact) mass is 499 g/mol. The molecule has 1 atom stereocenters. The summed E-state index contributed by atoms with van der Waals surface area (Å²) in [5.74, 6) is 0.353. The fourth-order valence-corrected chi connectivity index (χ4v) is 5.28. The number of hydrogen-bond donors (Lipinski definition) is 1. The summed E-state index contributed by atoms with van der Waals surface area (Å²) in [6, 6.07) is 7.44. The zero-order chi connectivity index (χ0) is 24.7. The van der Waals surface area contributed by atoms with Crippen molar-refractivity contribution in [2.24, 2.45) is 12.8 Å². The molecule has 2 aliphatic rings. The Morgan fingerprint density at radius 3 is 2.57 bits per heavy atom. The van der Waals surface area contributed by atoms with Gasteiger partial charge in [0.15, 0.2) is 11.2 Å². The van der Waals surface area contributed by atoms with Crippen molar-refractivity contribution in [1.29, 1.82) is 0 Å². The Kier molecular flexibility index (Phi) is 6.41. The van der Waals surface area contributed by atoms with Crippen molar-refractivity contribution in [3.8, 4) is 0 Å². The van der Waals surface area contributed by atoms with Crippen LogP contribution in [0.5, 0.6) is 0 Å².